The highest BCUT2D eigenvalue weighted by Crippen LogP contribution is 2.35. The average Bonchev–Trinajstić information content (AvgIpc) is 2.59. The minimum atomic E-state index is -0.588. The molecule has 0 aliphatic heterocycles. The summed E-state index contributed by atoms with van der Waals surface area (Å²) in [5, 5.41) is 11.4. The number of aryl methyl sites for hydroxylation is 1. The van der Waals surface area contributed by atoms with Gasteiger partial charge in [0.1, 0.15) is 5.56 Å². The molecule has 0 spiro atoms. The van der Waals surface area contributed by atoms with E-state index in [1.165, 1.54) is 10.6 Å². The van der Waals surface area contributed by atoms with Gasteiger partial charge in [-0.25, -0.2) is 0 Å². The molecule has 2 aromatic rings. The molecular formula is C21H24N2O4. The Kier molecular flexibility index (Phi) is 5.02. The molecule has 0 atom stereocenters. The van der Waals surface area contributed by atoms with Gasteiger partial charge in [-0.1, -0.05) is 31.5 Å². The summed E-state index contributed by atoms with van der Waals surface area (Å²) in [5.74, 6) is -0.659. The number of aliphatic hydroxyl groups is 1. The van der Waals surface area contributed by atoms with Crippen molar-refractivity contribution in [3.63, 3.8) is 0 Å². The van der Waals surface area contributed by atoms with E-state index in [0.29, 0.717) is 29.8 Å². The number of aromatic nitrogens is 1. The van der Waals surface area contributed by atoms with Crippen molar-refractivity contribution in [1.29, 1.82) is 0 Å². The van der Waals surface area contributed by atoms with Crippen molar-refractivity contribution in [2.24, 2.45) is 5.41 Å². The van der Waals surface area contributed by atoms with Gasteiger partial charge in [0.05, 0.1) is 6.61 Å². The summed E-state index contributed by atoms with van der Waals surface area (Å²) in [7, 11) is 0. The van der Waals surface area contributed by atoms with E-state index in [2.05, 4.69) is 5.32 Å². The zero-order valence-corrected chi connectivity index (χ0v) is 15.8. The molecule has 1 amide bonds. The second kappa shape index (κ2) is 7.12. The van der Waals surface area contributed by atoms with E-state index in [-0.39, 0.29) is 29.9 Å². The molecule has 1 aliphatic rings. The van der Waals surface area contributed by atoms with Crippen LogP contribution >= 0.6 is 0 Å². The summed E-state index contributed by atoms with van der Waals surface area (Å²) in [4.78, 5) is 38.4. The van der Waals surface area contributed by atoms with Crippen LogP contribution < -0.4 is 10.9 Å². The number of fused-ring (bicyclic) bond motifs is 1. The predicted octanol–water partition coefficient (Wildman–Crippen LogP) is 2.02. The normalized spacial score (nSPS) is 15.3. The molecule has 27 heavy (non-hydrogen) atoms. The Bertz CT molecular complexity index is 955. The lowest BCUT2D eigenvalue weighted by Gasteiger charge is -2.32. The monoisotopic (exact) mass is 368 g/mol. The van der Waals surface area contributed by atoms with Crippen LogP contribution in [0.5, 0.6) is 0 Å². The quantitative estimate of drug-likeness (QED) is 0.864. The summed E-state index contributed by atoms with van der Waals surface area (Å²) in [6.45, 7) is 5.77. The number of benzene rings is 1. The van der Waals surface area contributed by atoms with Gasteiger partial charge >= 0.3 is 0 Å². The van der Waals surface area contributed by atoms with Crippen LogP contribution in [0.15, 0.2) is 35.1 Å². The van der Waals surface area contributed by atoms with Crippen LogP contribution in [-0.4, -0.2) is 34.5 Å². The van der Waals surface area contributed by atoms with Gasteiger partial charge in [-0.05, 0) is 37.0 Å². The number of rotatable bonds is 4. The van der Waals surface area contributed by atoms with Crippen molar-refractivity contribution in [2.45, 2.75) is 33.6 Å². The Morgan fingerprint density at radius 3 is 2.48 bits per heavy atom. The fourth-order valence-corrected chi connectivity index (χ4v) is 3.51. The number of Topliss-reactive ketones (excluding diaryl/α,β-unsaturated/α-hetero) is 1. The Morgan fingerprint density at radius 1 is 1.19 bits per heavy atom. The number of ketones is 1. The zero-order chi connectivity index (χ0) is 19.8. The van der Waals surface area contributed by atoms with Crippen LogP contribution in [0.1, 0.15) is 52.2 Å². The van der Waals surface area contributed by atoms with Gasteiger partial charge in [0, 0.05) is 29.9 Å². The van der Waals surface area contributed by atoms with Crippen molar-refractivity contribution >= 4 is 11.7 Å². The number of aliphatic hydroxyl groups excluding tert-OH is 1. The third-order valence-corrected chi connectivity index (χ3v) is 4.82. The topological polar surface area (TPSA) is 88.4 Å². The molecule has 2 N–H and O–H groups in total. The molecule has 3 rings (SSSR count). The first-order chi connectivity index (χ1) is 12.7. The maximum atomic E-state index is 13.2. The molecule has 6 heteroatoms. The van der Waals surface area contributed by atoms with Crippen LogP contribution in [0.2, 0.25) is 0 Å². The van der Waals surface area contributed by atoms with E-state index in [0.717, 1.165) is 5.56 Å². The number of hydrogen-bond donors (Lipinski definition) is 2. The smallest absolute Gasteiger partial charge is 0.268 e. The summed E-state index contributed by atoms with van der Waals surface area (Å²) in [6.07, 6.45) is 0.930. The molecule has 0 radical (unpaired) electrons. The molecule has 1 aromatic carbocycles. The number of carbonyl (C=O) groups is 2. The van der Waals surface area contributed by atoms with Gasteiger partial charge < -0.3 is 10.4 Å². The summed E-state index contributed by atoms with van der Waals surface area (Å²) < 4.78 is 1.49. The maximum Gasteiger partial charge on any atom is 0.268 e. The lowest BCUT2D eigenvalue weighted by atomic mass is 9.75. The lowest BCUT2D eigenvalue weighted by Crippen LogP contribution is -2.39. The van der Waals surface area contributed by atoms with E-state index in [1.807, 2.05) is 45.0 Å². The van der Waals surface area contributed by atoms with E-state index >= 15 is 0 Å². The van der Waals surface area contributed by atoms with Gasteiger partial charge in [0.2, 0.25) is 0 Å². The molecule has 0 fully saturated rings. The molecule has 0 bridgehead atoms. The summed E-state index contributed by atoms with van der Waals surface area (Å²) in [6, 6.07) is 8.83. The number of pyridine rings is 1. The first-order valence-electron chi connectivity index (χ1n) is 9.02. The van der Waals surface area contributed by atoms with Gasteiger partial charge in [-0.2, -0.15) is 0 Å². The van der Waals surface area contributed by atoms with E-state index in [4.69, 9.17) is 5.11 Å². The highest BCUT2D eigenvalue weighted by atomic mass is 16.3. The van der Waals surface area contributed by atoms with Crippen molar-refractivity contribution in [3.8, 4) is 5.69 Å². The third-order valence-electron chi connectivity index (χ3n) is 4.82. The van der Waals surface area contributed by atoms with Crippen molar-refractivity contribution in [2.75, 3.05) is 13.2 Å². The van der Waals surface area contributed by atoms with E-state index < -0.39 is 11.5 Å². The summed E-state index contributed by atoms with van der Waals surface area (Å²) >= 11 is 0. The second-order valence-electron chi connectivity index (χ2n) is 7.81. The Labute approximate surface area is 157 Å². The SMILES string of the molecule is Cc1ccc(-n2c3c(cc(C(=O)NCCO)c2=O)C(=O)CC(C)(C)C3)cc1. The standard InChI is InChI=1S/C21H24N2O4/c1-13-4-6-14(7-5-13)23-17-11-21(2,3)12-18(25)15(17)10-16(20(23)27)19(26)22-8-9-24/h4-7,10,24H,8-9,11-12H2,1-3H3,(H,22,26). The molecule has 1 aliphatic carbocycles. The predicted molar refractivity (Wildman–Crippen MR) is 103 cm³/mol. The lowest BCUT2D eigenvalue weighted by molar-refractivity contribution is 0.0908. The van der Waals surface area contributed by atoms with Gasteiger partial charge in [-0.15, -0.1) is 0 Å². The number of hydrogen-bond acceptors (Lipinski definition) is 4. The van der Waals surface area contributed by atoms with Crippen molar-refractivity contribution in [1.82, 2.24) is 9.88 Å². The third kappa shape index (κ3) is 3.71. The average molecular weight is 368 g/mol. The van der Waals surface area contributed by atoms with Gasteiger partial charge in [0.15, 0.2) is 5.78 Å². The molecular weight excluding hydrogens is 344 g/mol. The fraction of sp³-hybridized carbons (Fsp3) is 0.381. The number of carbonyl (C=O) groups excluding carboxylic acids is 2. The highest BCUT2D eigenvalue weighted by molar-refractivity contribution is 6.02. The van der Waals surface area contributed by atoms with Crippen LogP contribution in [0.3, 0.4) is 0 Å². The summed E-state index contributed by atoms with van der Waals surface area (Å²) in [5.41, 5.74) is 1.93. The first-order valence-corrected chi connectivity index (χ1v) is 9.02. The van der Waals surface area contributed by atoms with Crippen LogP contribution in [0, 0.1) is 12.3 Å². The van der Waals surface area contributed by atoms with E-state index in [9.17, 15) is 14.4 Å². The van der Waals surface area contributed by atoms with Crippen LogP contribution in [0.4, 0.5) is 0 Å². The Morgan fingerprint density at radius 2 is 1.85 bits per heavy atom. The Balaban J connectivity index is 2.27. The van der Waals surface area contributed by atoms with Crippen molar-refractivity contribution < 1.29 is 14.7 Å². The van der Waals surface area contributed by atoms with Crippen LogP contribution in [-0.2, 0) is 6.42 Å². The van der Waals surface area contributed by atoms with Gasteiger partial charge in [0.25, 0.3) is 11.5 Å². The van der Waals surface area contributed by atoms with E-state index in [1.54, 1.807) is 0 Å². The minimum Gasteiger partial charge on any atom is -0.395 e. The molecule has 1 aromatic heterocycles. The number of nitrogens with zero attached hydrogens (tertiary/aromatic N) is 1. The molecule has 6 nitrogen and oxygen atoms in total. The minimum absolute atomic E-state index is 0.0425. The first kappa shape index (κ1) is 19.0. The Hall–Kier alpha value is -2.73. The molecule has 0 saturated heterocycles. The molecule has 1 heterocycles. The number of nitrogens with one attached hydrogen (secondary N) is 1. The highest BCUT2D eigenvalue weighted by Gasteiger charge is 2.34. The van der Waals surface area contributed by atoms with Crippen molar-refractivity contribution in [3.05, 3.63) is 63.1 Å². The number of amides is 1. The zero-order valence-electron chi connectivity index (χ0n) is 15.8. The van der Waals surface area contributed by atoms with Crippen LogP contribution in [0.25, 0.3) is 5.69 Å². The fourth-order valence-electron chi connectivity index (χ4n) is 3.51. The maximum absolute atomic E-state index is 13.2. The molecule has 0 unspecified atom stereocenters. The molecule has 142 valence electrons. The second-order valence-corrected chi connectivity index (χ2v) is 7.81. The molecule has 0 saturated carbocycles. The van der Waals surface area contributed by atoms with Gasteiger partial charge in [-0.3, -0.25) is 19.0 Å². The largest absolute Gasteiger partial charge is 0.395 e.